The van der Waals surface area contributed by atoms with Crippen LogP contribution in [0.25, 0.3) is 0 Å². The standard InChI is InChI=1S/C23H31F2N3O7S/c1-23(2,3)35-22(31)28(11-12-29)26-8-5-15(6-9-26)27-10-7-18(21(27)30)34-19-13-17(25)20(14-16(19)24)36(4,32)33/h12-15,18H,5-11H2,1-4H3. The molecule has 36 heavy (non-hydrogen) atoms. The van der Waals surface area contributed by atoms with Crippen LogP contribution in [0.5, 0.6) is 5.75 Å². The summed E-state index contributed by atoms with van der Waals surface area (Å²) >= 11 is 0. The molecule has 13 heteroatoms. The van der Waals surface area contributed by atoms with Crippen LogP contribution in [0.4, 0.5) is 13.6 Å². The molecule has 3 rings (SSSR count). The number of carbonyl (C=O) groups excluding carboxylic acids is 3. The maximum atomic E-state index is 14.4. The van der Waals surface area contributed by atoms with Crippen molar-refractivity contribution in [1.82, 2.24) is 14.9 Å². The summed E-state index contributed by atoms with van der Waals surface area (Å²) < 4.78 is 62.5. The Labute approximate surface area is 209 Å². The monoisotopic (exact) mass is 531 g/mol. The van der Waals surface area contributed by atoms with Gasteiger partial charge < -0.3 is 19.2 Å². The number of amides is 2. The van der Waals surface area contributed by atoms with Crippen LogP contribution >= 0.6 is 0 Å². The zero-order valence-corrected chi connectivity index (χ0v) is 21.5. The molecule has 2 amide bonds. The van der Waals surface area contributed by atoms with Gasteiger partial charge in [-0.3, -0.25) is 4.79 Å². The molecule has 10 nitrogen and oxygen atoms in total. The van der Waals surface area contributed by atoms with Gasteiger partial charge in [0, 0.05) is 44.4 Å². The molecule has 2 heterocycles. The van der Waals surface area contributed by atoms with Crippen molar-refractivity contribution in [3.63, 3.8) is 0 Å². The number of benzene rings is 1. The average Bonchev–Trinajstić information content (AvgIpc) is 3.12. The lowest BCUT2D eigenvalue weighted by molar-refractivity contribution is -0.137. The van der Waals surface area contributed by atoms with Crippen molar-refractivity contribution in [1.29, 1.82) is 0 Å². The molecule has 2 aliphatic heterocycles. The molecule has 2 aliphatic rings. The van der Waals surface area contributed by atoms with E-state index in [1.165, 1.54) is 5.01 Å². The minimum atomic E-state index is -3.96. The van der Waals surface area contributed by atoms with E-state index in [0.29, 0.717) is 50.9 Å². The number of hydrazine groups is 1. The van der Waals surface area contributed by atoms with Gasteiger partial charge in [-0.2, -0.15) is 0 Å². The lowest BCUT2D eigenvalue weighted by atomic mass is 10.0. The number of halogens is 2. The van der Waals surface area contributed by atoms with Gasteiger partial charge in [0.05, 0.1) is 6.54 Å². The van der Waals surface area contributed by atoms with Crippen molar-refractivity contribution in [3.8, 4) is 5.75 Å². The number of piperidine rings is 1. The largest absolute Gasteiger partial charge is 0.477 e. The molecule has 1 aromatic rings. The minimum absolute atomic E-state index is 0.154. The fraction of sp³-hybridized carbons (Fsp3) is 0.609. The number of hydrogen-bond acceptors (Lipinski definition) is 8. The predicted octanol–water partition coefficient (Wildman–Crippen LogP) is 2.16. The van der Waals surface area contributed by atoms with E-state index >= 15 is 0 Å². The van der Waals surface area contributed by atoms with Crippen LogP contribution in [0.15, 0.2) is 17.0 Å². The molecule has 0 aliphatic carbocycles. The van der Waals surface area contributed by atoms with Crippen molar-refractivity contribution in [2.24, 2.45) is 0 Å². The molecule has 0 radical (unpaired) electrons. The second-order valence-electron chi connectivity index (χ2n) is 9.83. The Morgan fingerprint density at radius 1 is 1.14 bits per heavy atom. The number of rotatable bonds is 7. The van der Waals surface area contributed by atoms with Crippen LogP contribution < -0.4 is 4.74 Å². The summed E-state index contributed by atoms with van der Waals surface area (Å²) in [6.45, 7) is 6.19. The highest BCUT2D eigenvalue weighted by molar-refractivity contribution is 7.90. The number of likely N-dealkylation sites (tertiary alicyclic amines) is 1. The second kappa shape index (κ2) is 10.7. The van der Waals surface area contributed by atoms with Crippen molar-refractivity contribution < 1.29 is 41.1 Å². The highest BCUT2D eigenvalue weighted by Crippen LogP contribution is 2.29. The summed E-state index contributed by atoms with van der Waals surface area (Å²) in [5.41, 5.74) is -0.721. The fourth-order valence-electron chi connectivity index (χ4n) is 4.28. The van der Waals surface area contributed by atoms with E-state index < -0.39 is 49.9 Å². The summed E-state index contributed by atoms with van der Waals surface area (Å²) in [6, 6.07) is 1.02. The molecule has 1 unspecified atom stereocenters. The van der Waals surface area contributed by atoms with Crippen LogP contribution in [0.3, 0.4) is 0 Å². The molecular formula is C23H31F2N3O7S. The third-order valence-electron chi connectivity index (χ3n) is 5.92. The van der Waals surface area contributed by atoms with Crippen molar-refractivity contribution in [3.05, 3.63) is 23.8 Å². The van der Waals surface area contributed by atoms with E-state index in [9.17, 15) is 31.6 Å². The highest BCUT2D eigenvalue weighted by atomic mass is 32.2. The number of nitrogens with zero attached hydrogens (tertiary/aromatic N) is 3. The number of hydrogen-bond donors (Lipinski definition) is 0. The van der Waals surface area contributed by atoms with Gasteiger partial charge >= 0.3 is 6.09 Å². The molecular weight excluding hydrogens is 500 g/mol. The number of carbonyl (C=O) groups is 3. The predicted molar refractivity (Wildman–Crippen MR) is 124 cm³/mol. The Bertz CT molecular complexity index is 1120. The topological polar surface area (TPSA) is 114 Å². The van der Waals surface area contributed by atoms with Crippen LogP contribution in [-0.2, 0) is 24.2 Å². The first kappa shape index (κ1) is 27.8. The smallest absolute Gasteiger partial charge is 0.425 e. The summed E-state index contributed by atoms with van der Waals surface area (Å²) in [6.07, 6.45) is 1.01. The van der Waals surface area contributed by atoms with Crippen LogP contribution in [0.2, 0.25) is 0 Å². The van der Waals surface area contributed by atoms with Crippen molar-refractivity contribution in [2.45, 2.75) is 62.7 Å². The molecule has 1 atom stereocenters. The quantitative estimate of drug-likeness (QED) is 0.492. The zero-order chi connectivity index (χ0) is 26.8. The number of sulfone groups is 1. The molecule has 0 bridgehead atoms. The van der Waals surface area contributed by atoms with Gasteiger partial charge in [-0.15, -0.1) is 0 Å². The van der Waals surface area contributed by atoms with E-state index in [2.05, 4.69) is 0 Å². The second-order valence-corrected chi connectivity index (χ2v) is 11.8. The lowest BCUT2D eigenvalue weighted by Crippen LogP contribution is -2.55. The van der Waals surface area contributed by atoms with Crippen molar-refractivity contribution >= 4 is 28.1 Å². The van der Waals surface area contributed by atoms with Crippen molar-refractivity contribution in [2.75, 3.05) is 32.4 Å². The molecule has 2 fully saturated rings. The van der Waals surface area contributed by atoms with Gasteiger partial charge in [-0.05, 0) is 39.7 Å². The van der Waals surface area contributed by atoms with Gasteiger partial charge in [0.25, 0.3) is 5.91 Å². The van der Waals surface area contributed by atoms with Gasteiger partial charge in [0.1, 0.15) is 22.6 Å². The number of aldehydes is 1. The molecule has 0 spiro atoms. The van der Waals surface area contributed by atoms with E-state index in [-0.39, 0.29) is 24.9 Å². The SMILES string of the molecule is CC(C)(C)OC(=O)N(CC=O)N1CCC(N2CCC(Oc3cc(F)c(S(C)(=O)=O)cc3F)C2=O)CC1. The van der Waals surface area contributed by atoms with E-state index in [0.717, 1.165) is 6.26 Å². The first-order valence-electron chi connectivity index (χ1n) is 11.6. The molecule has 0 aromatic heterocycles. The Morgan fingerprint density at radius 2 is 1.78 bits per heavy atom. The number of ether oxygens (including phenoxy) is 2. The molecule has 0 N–H and O–H groups in total. The molecule has 200 valence electrons. The van der Waals surface area contributed by atoms with Gasteiger partial charge in [-0.1, -0.05) is 0 Å². The summed E-state index contributed by atoms with van der Waals surface area (Å²) in [7, 11) is -3.96. The normalized spacial score (nSPS) is 19.9. The summed E-state index contributed by atoms with van der Waals surface area (Å²) in [5, 5.41) is 2.97. The van der Waals surface area contributed by atoms with Crippen LogP contribution in [-0.4, -0.2) is 91.8 Å². The maximum Gasteiger partial charge on any atom is 0.425 e. The molecule has 0 saturated carbocycles. The molecule has 2 saturated heterocycles. The highest BCUT2D eigenvalue weighted by Gasteiger charge is 2.40. The van der Waals surface area contributed by atoms with Gasteiger partial charge in [0.2, 0.25) is 0 Å². The third-order valence-corrected chi connectivity index (χ3v) is 7.03. The first-order chi connectivity index (χ1) is 16.7. The summed E-state index contributed by atoms with van der Waals surface area (Å²) in [5.74, 6) is -3.14. The Hall–Kier alpha value is -2.80. The molecule has 1 aromatic carbocycles. The Kier molecular flexibility index (Phi) is 8.23. The fourth-order valence-corrected chi connectivity index (χ4v) is 5.01. The van der Waals surface area contributed by atoms with Gasteiger partial charge in [-0.25, -0.2) is 32.0 Å². The third kappa shape index (κ3) is 6.49. The van der Waals surface area contributed by atoms with Crippen LogP contribution in [0.1, 0.15) is 40.0 Å². The van der Waals surface area contributed by atoms with E-state index in [1.54, 1.807) is 30.7 Å². The lowest BCUT2D eigenvalue weighted by Gasteiger charge is -2.41. The van der Waals surface area contributed by atoms with Gasteiger partial charge in [0.15, 0.2) is 27.5 Å². The summed E-state index contributed by atoms with van der Waals surface area (Å²) in [4.78, 5) is 37.4. The minimum Gasteiger partial charge on any atom is -0.477 e. The van der Waals surface area contributed by atoms with E-state index in [1.807, 2.05) is 0 Å². The zero-order valence-electron chi connectivity index (χ0n) is 20.7. The average molecular weight is 532 g/mol. The van der Waals surface area contributed by atoms with Crippen LogP contribution in [0, 0.1) is 11.6 Å². The Morgan fingerprint density at radius 3 is 2.33 bits per heavy atom. The maximum absolute atomic E-state index is 14.4. The Balaban J connectivity index is 1.62. The first-order valence-corrected chi connectivity index (χ1v) is 13.5. The van der Waals surface area contributed by atoms with E-state index in [4.69, 9.17) is 9.47 Å².